The summed E-state index contributed by atoms with van der Waals surface area (Å²) >= 11 is 0. The zero-order chi connectivity index (χ0) is 9.42. The van der Waals surface area contributed by atoms with Crippen molar-refractivity contribution in [1.82, 2.24) is 4.90 Å². The normalized spacial score (nSPS) is 17.1. The predicted molar refractivity (Wildman–Crippen MR) is 52.9 cm³/mol. The van der Waals surface area contributed by atoms with Crippen molar-refractivity contribution < 1.29 is 5.11 Å². The molecule has 1 aromatic carbocycles. The quantitative estimate of drug-likeness (QED) is 0.652. The number of fused-ring (bicyclic) bond motifs is 1. The molecule has 2 heteroatoms. The van der Waals surface area contributed by atoms with E-state index < -0.39 is 0 Å². The maximum absolute atomic E-state index is 9.81. The van der Waals surface area contributed by atoms with Gasteiger partial charge < -0.3 is 10.0 Å². The molecule has 1 heterocycles. The van der Waals surface area contributed by atoms with E-state index >= 15 is 0 Å². The Morgan fingerprint density at radius 2 is 2.15 bits per heavy atom. The van der Waals surface area contributed by atoms with Gasteiger partial charge in [-0.1, -0.05) is 12.1 Å². The fraction of sp³-hybridized carbons (Fsp3) is 0.455. The summed E-state index contributed by atoms with van der Waals surface area (Å²) in [5, 5.41) is 9.81. The highest BCUT2D eigenvalue weighted by Crippen LogP contribution is 2.29. The Hall–Kier alpha value is -1.02. The Bertz CT molecular complexity index is 333. The molecule has 0 spiro atoms. The van der Waals surface area contributed by atoms with Crippen LogP contribution in [0.2, 0.25) is 0 Å². The maximum atomic E-state index is 9.81. The van der Waals surface area contributed by atoms with Gasteiger partial charge in [0.15, 0.2) is 0 Å². The van der Waals surface area contributed by atoms with Gasteiger partial charge in [0.05, 0.1) is 0 Å². The molecule has 1 N–H and O–H groups in total. The van der Waals surface area contributed by atoms with Gasteiger partial charge in [-0.2, -0.15) is 0 Å². The van der Waals surface area contributed by atoms with E-state index in [0.29, 0.717) is 5.75 Å². The zero-order valence-electron chi connectivity index (χ0n) is 8.17. The summed E-state index contributed by atoms with van der Waals surface area (Å²) < 4.78 is 0. The van der Waals surface area contributed by atoms with Gasteiger partial charge in [0.25, 0.3) is 0 Å². The van der Waals surface area contributed by atoms with Crippen LogP contribution in [-0.2, 0) is 13.0 Å². The topological polar surface area (TPSA) is 23.5 Å². The second kappa shape index (κ2) is 3.04. The first-order chi connectivity index (χ1) is 6.18. The summed E-state index contributed by atoms with van der Waals surface area (Å²) in [6.45, 7) is 3.96. The molecule has 1 aromatic rings. The molecule has 0 aromatic heterocycles. The molecule has 0 aliphatic carbocycles. The van der Waals surface area contributed by atoms with Gasteiger partial charge in [-0.3, -0.25) is 0 Å². The first-order valence-corrected chi connectivity index (χ1v) is 4.67. The number of benzene rings is 1. The number of hydrogen-bond acceptors (Lipinski definition) is 2. The number of phenols is 1. The van der Waals surface area contributed by atoms with Crippen LogP contribution >= 0.6 is 0 Å². The van der Waals surface area contributed by atoms with Crippen LogP contribution in [0.25, 0.3) is 0 Å². The lowest BCUT2D eigenvalue weighted by molar-refractivity contribution is 0.308. The number of phenolic OH excluding ortho intramolecular Hbond substituents is 1. The third-order valence-corrected chi connectivity index (χ3v) is 2.77. The molecule has 0 saturated carbocycles. The molecule has 0 radical (unpaired) electrons. The first kappa shape index (κ1) is 8.57. The number of likely N-dealkylation sites (N-methyl/N-ethyl adjacent to an activating group) is 1. The molecular formula is C11H15NO. The molecule has 1 aliphatic rings. The number of rotatable bonds is 0. The fourth-order valence-corrected chi connectivity index (χ4v) is 1.89. The third kappa shape index (κ3) is 1.42. The van der Waals surface area contributed by atoms with Crippen molar-refractivity contribution in [3.8, 4) is 5.75 Å². The van der Waals surface area contributed by atoms with Gasteiger partial charge in [0.2, 0.25) is 0 Å². The minimum Gasteiger partial charge on any atom is -0.507 e. The molecule has 0 unspecified atom stereocenters. The van der Waals surface area contributed by atoms with Crippen molar-refractivity contribution in [2.24, 2.45) is 0 Å². The fourth-order valence-electron chi connectivity index (χ4n) is 1.89. The molecule has 0 bridgehead atoms. The van der Waals surface area contributed by atoms with E-state index in [9.17, 15) is 5.11 Å². The second-order valence-corrected chi connectivity index (χ2v) is 3.86. The summed E-state index contributed by atoms with van der Waals surface area (Å²) in [5.74, 6) is 0.505. The van der Waals surface area contributed by atoms with E-state index in [2.05, 4.69) is 18.0 Å². The van der Waals surface area contributed by atoms with E-state index in [0.717, 1.165) is 30.6 Å². The van der Waals surface area contributed by atoms with Crippen LogP contribution in [0, 0.1) is 6.92 Å². The second-order valence-electron chi connectivity index (χ2n) is 3.86. The van der Waals surface area contributed by atoms with Gasteiger partial charge in [-0.05, 0) is 37.1 Å². The van der Waals surface area contributed by atoms with E-state index in [1.54, 1.807) is 0 Å². The Morgan fingerprint density at radius 1 is 1.38 bits per heavy atom. The molecule has 0 amide bonds. The summed E-state index contributed by atoms with van der Waals surface area (Å²) in [6, 6.07) is 4.12. The SMILES string of the molecule is Cc1ccc2c(c1O)CCN(C)C2. The maximum Gasteiger partial charge on any atom is 0.122 e. The van der Waals surface area contributed by atoms with E-state index in [1.165, 1.54) is 5.56 Å². The monoisotopic (exact) mass is 177 g/mol. The number of aryl methyl sites for hydroxylation is 1. The van der Waals surface area contributed by atoms with Crippen LogP contribution in [0.1, 0.15) is 16.7 Å². The lowest BCUT2D eigenvalue weighted by Crippen LogP contribution is -2.26. The highest BCUT2D eigenvalue weighted by molar-refractivity contribution is 5.45. The highest BCUT2D eigenvalue weighted by atomic mass is 16.3. The van der Waals surface area contributed by atoms with E-state index in [-0.39, 0.29) is 0 Å². The van der Waals surface area contributed by atoms with Crippen LogP contribution in [-0.4, -0.2) is 23.6 Å². The Morgan fingerprint density at radius 3 is 2.92 bits per heavy atom. The Balaban J connectivity index is 2.47. The summed E-state index contributed by atoms with van der Waals surface area (Å²) in [6.07, 6.45) is 0.972. The molecular weight excluding hydrogens is 162 g/mol. The van der Waals surface area contributed by atoms with Crippen molar-refractivity contribution in [1.29, 1.82) is 0 Å². The molecule has 2 rings (SSSR count). The minimum absolute atomic E-state index is 0.505. The standard InChI is InChI=1S/C11H15NO/c1-8-3-4-9-7-12(2)6-5-10(9)11(8)13/h3-4,13H,5-7H2,1-2H3. The molecule has 1 aliphatic heterocycles. The number of aromatic hydroxyl groups is 1. The van der Waals surface area contributed by atoms with Crippen LogP contribution in [0.5, 0.6) is 5.75 Å². The summed E-state index contributed by atoms with van der Waals surface area (Å²) in [7, 11) is 2.11. The lowest BCUT2D eigenvalue weighted by atomic mass is 9.96. The first-order valence-electron chi connectivity index (χ1n) is 4.67. The average molecular weight is 177 g/mol. The van der Waals surface area contributed by atoms with Crippen molar-refractivity contribution in [2.45, 2.75) is 19.9 Å². The average Bonchev–Trinajstić information content (AvgIpc) is 2.12. The molecule has 0 atom stereocenters. The van der Waals surface area contributed by atoms with Crippen molar-refractivity contribution >= 4 is 0 Å². The molecule has 0 saturated heterocycles. The van der Waals surface area contributed by atoms with Crippen LogP contribution in [0.15, 0.2) is 12.1 Å². The van der Waals surface area contributed by atoms with Gasteiger partial charge in [-0.15, -0.1) is 0 Å². The van der Waals surface area contributed by atoms with Gasteiger partial charge in [0.1, 0.15) is 5.75 Å². The van der Waals surface area contributed by atoms with Crippen molar-refractivity contribution in [2.75, 3.05) is 13.6 Å². The van der Waals surface area contributed by atoms with Crippen molar-refractivity contribution in [3.05, 3.63) is 28.8 Å². The highest BCUT2D eigenvalue weighted by Gasteiger charge is 2.16. The van der Waals surface area contributed by atoms with Crippen LogP contribution in [0.4, 0.5) is 0 Å². The molecule has 13 heavy (non-hydrogen) atoms. The zero-order valence-corrected chi connectivity index (χ0v) is 8.17. The van der Waals surface area contributed by atoms with Crippen LogP contribution in [0.3, 0.4) is 0 Å². The summed E-state index contributed by atoms with van der Waals surface area (Å²) in [5.41, 5.74) is 3.42. The van der Waals surface area contributed by atoms with Crippen LogP contribution < -0.4 is 0 Å². The Labute approximate surface area is 78.8 Å². The minimum atomic E-state index is 0.505. The molecule has 2 nitrogen and oxygen atoms in total. The van der Waals surface area contributed by atoms with Gasteiger partial charge in [-0.25, -0.2) is 0 Å². The third-order valence-electron chi connectivity index (χ3n) is 2.77. The summed E-state index contributed by atoms with van der Waals surface area (Å²) in [4.78, 5) is 2.27. The molecule has 70 valence electrons. The van der Waals surface area contributed by atoms with Gasteiger partial charge >= 0.3 is 0 Å². The van der Waals surface area contributed by atoms with E-state index in [4.69, 9.17) is 0 Å². The predicted octanol–water partition coefficient (Wildman–Crippen LogP) is 1.69. The van der Waals surface area contributed by atoms with Gasteiger partial charge in [0, 0.05) is 13.1 Å². The lowest BCUT2D eigenvalue weighted by Gasteiger charge is -2.25. The molecule has 0 fully saturated rings. The smallest absolute Gasteiger partial charge is 0.122 e. The van der Waals surface area contributed by atoms with E-state index in [1.807, 2.05) is 13.0 Å². The number of hydrogen-bond donors (Lipinski definition) is 1. The number of nitrogens with zero attached hydrogens (tertiary/aromatic N) is 1. The largest absolute Gasteiger partial charge is 0.507 e. The Kier molecular flexibility index (Phi) is 2.00. The van der Waals surface area contributed by atoms with Crippen molar-refractivity contribution in [3.63, 3.8) is 0 Å².